The van der Waals surface area contributed by atoms with Crippen molar-refractivity contribution in [2.75, 3.05) is 0 Å². The summed E-state index contributed by atoms with van der Waals surface area (Å²) >= 11 is 0. The van der Waals surface area contributed by atoms with Crippen LogP contribution in [-0.2, 0) is 11.2 Å². The Hall–Kier alpha value is -1.51. The number of carbonyl (C=O) groups is 1. The Morgan fingerprint density at radius 1 is 1.11 bits per heavy atom. The van der Waals surface area contributed by atoms with Crippen LogP contribution in [0.25, 0.3) is 0 Å². The second kappa shape index (κ2) is 5.01. The lowest BCUT2D eigenvalue weighted by Gasteiger charge is -2.21. The molecule has 0 unspecified atom stereocenters. The first-order chi connectivity index (χ1) is 8.83. The molecule has 91 valence electrons. The van der Waals surface area contributed by atoms with E-state index in [4.69, 9.17) is 4.74 Å². The average Bonchev–Trinajstić information content (AvgIpc) is 3.00. The first kappa shape index (κ1) is 11.6. The van der Waals surface area contributed by atoms with Crippen LogP contribution in [0.1, 0.15) is 5.56 Å². The van der Waals surface area contributed by atoms with Crippen molar-refractivity contribution in [2.24, 2.45) is 0 Å². The zero-order chi connectivity index (χ0) is 12.4. The third-order valence-corrected chi connectivity index (χ3v) is 3.22. The van der Waals surface area contributed by atoms with E-state index in [-0.39, 0.29) is 18.2 Å². The summed E-state index contributed by atoms with van der Waals surface area (Å²) in [6.07, 6.45) is 8.16. The smallest absolute Gasteiger partial charge is 0.407 e. The van der Waals surface area contributed by atoms with E-state index in [1.807, 2.05) is 43.9 Å². The van der Waals surface area contributed by atoms with E-state index in [0.29, 0.717) is 0 Å². The van der Waals surface area contributed by atoms with Crippen LogP contribution in [0.15, 0.2) is 30.3 Å². The molecule has 2 atom stereocenters. The molecule has 2 fully saturated rings. The van der Waals surface area contributed by atoms with Crippen molar-refractivity contribution >= 4 is 6.09 Å². The summed E-state index contributed by atoms with van der Waals surface area (Å²) in [5, 5.41) is 2.88. The van der Waals surface area contributed by atoms with Gasteiger partial charge in [0, 0.05) is 5.92 Å². The standard InChI is InChI=1S/C15H14NO2/c17-15-16-13(10-11-6-2-1-3-7-11)14(18-15)12-8-4-5-9-12/h1-9,13-14H,10H2,(H,16,17)/t13-,14-/m0/s1. The quantitative estimate of drug-likeness (QED) is 0.878. The van der Waals surface area contributed by atoms with Gasteiger partial charge >= 0.3 is 6.09 Å². The van der Waals surface area contributed by atoms with Gasteiger partial charge in [0.25, 0.3) is 0 Å². The van der Waals surface area contributed by atoms with Crippen molar-refractivity contribution in [1.29, 1.82) is 0 Å². The maximum atomic E-state index is 11.4. The summed E-state index contributed by atoms with van der Waals surface area (Å²) in [7, 11) is 0. The molecule has 0 bridgehead atoms. The molecule has 1 aliphatic carbocycles. The topological polar surface area (TPSA) is 38.3 Å². The van der Waals surface area contributed by atoms with Gasteiger partial charge < -0.3 is 10.1 Å². The molecule has 1 saturated heterocycles. The number of nitrogens with one attached hydrogen (secondary N) is 1. The van der Waals surface area contributed by atoms with E-state index in [0.717, 1.165) is 12.3 Å². The van der Waals surface area contributed by atoms with Gasteiger partial charge in [0.05, 0.1) is 6.04 Å². The average molecular weight is 240 g/mol. The maximum absolute atomic E-state index is 11.4. The molecule has 1 saturated carbocycles. The van der Waals surface area contributed by atoms with Crippen molar-refractivity contribution in [2.45, 2.75) is 18.6 Å². The summed E-state index contributed by atoms with van der Waals surface area (Å²) in [5.41, 5.74) is 1.20. The third kappa shape index (κ3) is 2.35. The highest BCUT2D eigenvalue weighted by molar-refractivity contribution is 5.71. The Balaban J connectivity index is 1.71. The fourth-order valence-corrected chi connectivity index (χ4v) is 2.36. The van der Waals surface area contributed by atoms with E-state index in [2.05, 4.69) is 17.4 Å². The normalized spacial score (nSPS) is 28.1. The summed E-state index contributed by atoms with van der Waals surface area (Å²) in [6.45, 7) is 0. The molecule has 3 rings (SSSR count). The molecule has 0 aromatic heterocycles. The SMILES string of the molecule is O=C1N[C@@H](Cc2ccccc2)[C@H]([C]2[CH][CH][CH][CH]2)O1. The number of carbonyl (C=O) groups excluding carboxylic acids is 1. The zero-order valence-corrected chi connectivity index (χ0v) is 9.87. The second-order valence-electron chi connectivity index (χ2n) is 4.48. The summed E-state index contributed by atoms with van der Waals surface area (Å²) < 4.78 is 5.34. The predicted octanol–water partition coefficient (Wildman–Crippen LogP) is 2.11. The van der Waals surface area contributed by atoms with Gasteiger partial charge in [0.2, 0.25) is 0 Å². The molecule has 1 amide bonds. The van der Waals surface area contributed by atoms with Crippen molar-refractivity contribution in [3.8, 4) is 0 Å². The van der Waals surface area contributed by atoms with Crippen LogP contribution >= 0.6 is 0 Å². The van der Waals surface area contributed by atoms with Crippen molar-refractivity contribution in [3.05, 3.63) is 67.5 Å². The van der Waals surface area contributed by atoms with Gasteiger partial charge in [0.1, 0.15) is 6.10 Å². The van der Waals surface area contributed by atoms with Gasteiger partial charge in [-0.05, 0) is 37.7 Å². The summed E-state index contributed by atoms with van der Waals surface area (Å²) in [4.78, 5) is 11.4. The van der Waals surface area contributed by atoms with E-state index < -0.39 is 0 Å². The fourth-order valence-electron chi connectivity index (χ4n) is 2.36. The van der Waals surface area contributed by atoms with Crippen LogP contribution in [0, 0.1) is 31.6 Å². The lowest BCUT2D eigenvalue weighted by molar-refractivity contribution is 0.142. The molecule has 18 heavy (non-hydrogen) atoms. The Kier molecular flexibility index (Phi) is 3.22. The van der Waals surface area contributed by atoms with E-state index in [1.54, 1.807) is 0 Å². The van der Waals surface area contributed by atoms with Gasteiger partial charge in [-0.2, -0.15) is 0 Å². The van der Waals surface area contributed by atoms with Crippen LogP contribution in [0.5, 0.6) is 0 Å². The largest absolute Gasteiger partial charge is 0.443 e. The number of alkyl carbamates (subject to hydrolysis) is 1. The van der Waals surface area contributed by atoms with Crippen LogP contribution in [-0.4, -0.2) is 18.2 Å². The zero-order valence-electron chi connectivity index (χ0n) is 9.87. The number of rotatable bonds is 3. The summed E-state index contributed by atoms with van der Waals surface area (Å²) in [6, 6.07) is 10.1. The second-order valence-corrected chi connectivity index (χ2v) is 4.48. The molecule has 3 heteroatoms. The van der Waals surface area contributed by atoms with E-state index in [1.165, 1.54) is 5.56 Å². The van der Waals surface area contributed by atoms with Crippen molar-refractivity contribution in [1.82, 2.24) is 5.32 Å². The third-order valence-electron chi connectivity index (χ3n) is 3.22. The van der Waals surface area contributed by atoms with E-state index >= 15 is 0 Å². The van der Waals surface area contributed by atoms with Crippen LogP contribution in [0.4, 0.5) is 4.79 Å². The Labute approximate surface area is 108 Å². The number of hydrogen-bond acceptors (Lipinski definition) is 2. The molecule has 0 spiro atoms. The van der Waals surface area contributed by atoms with Crippen molar-refractivity contribution in [3.63, 3.8) is 0 Å². The fraction of sp³-hybridized carbons (Fsp3) is 0.200. The molecule has 5 radical (unpaired) electrons. The molecular weight excluding hydrogens is 226 g/mol. The number of ether oxygens (including phenoxy) is 1. The molecule has 1 N–H and O–H groups in total. The minimum Gasteiger partial charge on any atom is -0.443 e. The van der Waals surface area contributed by atoms with Crippen LogP contribution in [0.3, 0.4) is 0 Å². The summed E-state index contributed by atoms with van der Waals surface area (Å²) in [5.74, 6) is 1.05. The van der Waals surface area contributed by atoms with Crippen molar-refractivity contribution < 1.29 is 9.53 Å². The molecule has 3 nitrogen and oxygen atoms in total. The highest BCUT2D eigenvalue weighted by atomic mass is 16.6. The minimum atomic E-state index is -0.331. The maximum Gasteiger partial charge on any atom is 0.407 e. The lowest BCUT2D eigenvalue weighted by atomic mass is 9.91. The van der Waals surface area contributed by atoms with Gasteiger partial charge in [0.15, 0.2) is 0 Å². The number of cyclic esters (lactones) is 1. The Morgan fingerprint density at radius 3 is 2.56 bits per heavy atom. The van der Waals surface area contributed by atoms with Gasteiger partial charge in [-0.15, -0.1) is 0 Å². The van der Waals surface area contributed by atoms with Gasteiger partial charge in [-0.1, -0.05) is 30.3 Å². The molecule has 2 aliphatic rings. The van der Waals surface area contributed by atoms with Gasteiger partial charge in [-0.25, -0.2) is 4.79 Å². The van der Waals surface area contributed by atoms with Crippen LogP contribution < -0.4 is 5.32 Å². The van der Waals surface area contributed by atoms with Gasteiger partial charge in [-0.3, -0.25) is 0 Å². The monoisotopic (exact) mass is 240 g/mol. The first-order valence-electron chi connectivity index (χ1n) is 6.05. The Bertz CT molecular complexity index is 412. The van der Waals surface area contributed by atoms with Crippen LogP contribution in [0.2, 0.25) is 0 Å². The molecule has 1 aliphatic heterocycles. The Morgan fingerprint density at radius 2 is 1.83 bits per heavy atom. The first-order valence-corrected chi connectivity index (χ1v) is 6.05. The highest BCUT2D eigenvalue weighted by Gasteiger charge is 2.41. The number of amides is 1. The predicted molar refractivity (Wildman–Crippen MR) is 67.8 cm³/mol. The van der Waals surface area contributed by atoms with E-state index in [9.17, 15) is 4.79 Å². The number of benzene rings is 1. The molecular formula is C15H14NO2. The molecule has 1 aromatic carbocycles. The lowest BCUT2D eigenvalue weighted by Crippen LogP contribution is -2.36. The molecule has 1 aromatic rings. The number of hydrogen-bond donors (Lipinski definition) is 1. The molecule has 1 heterocycles. The highest BCUT2D eigenvalue weighted by Crippen LogP contribution is 2.32. The minimum absolute atomic E-state index is 0.00213.